The molecular formula is C23H25N3O4S. The third-order valence-electron chi connectivity index (χ3n) is 4.82. The molecule has 1 aromatic heterocycles. The molecule has 3 aromatic rings. The van der Waals surface area contributed by atoms with E-state index in [2.05, 4.69) is 52.6 Å². The topological polar surface area (TPSA) is 72.9 Å². The van der Waals surface area contributed by atoms with Gasteiger partial charge >= 0.3 is 0 Å². The molecule has 1 N–H and O–H groups in total. The van der Waals surface area contributed by atoms with Crippen molar-refractivity contribution in [3.63, 3.8) is 0 Å². The second kappa shape index (κ2) is 9.91. The van der Waals surface area contributed by atoms with Crippen LogP contribution in [0.4, 0.5) is 0 Å². The van der Waals surface area contributed by atoms with Crippen LogP contribution in [0.15, 0.2) is 47.8 Å². The first-order valence-electron chi connectivity index (χ1n) is 10.1. The molecule has 0 fully saturated rings. The van der Waals surface area contributed by atoms with Crippen molar-refractivity contribution in [3.05, 3.63) is 75.2 Å². The van der Waals surface area contributed by atoms with Crippen LogP contribution < -0.4 is 15.0 Å². The van der Waals surface area contributed by atoms with Gasteiger partial charge < -0.3 is 9.47 Å². The van der Waals surface area contributed by atoms with Crippen molar-refractivity contribution >= 4 is 17.2 Å². The molecule has 0 radical (unpaired) electrons. The van der Waals surface area contributed by atoms with E-state index in [1.54, 1.807) is 5.38 Å². The number of nitrogens with one attached hydrogen (secondary N) is 1. The van der Waals surface area contributed by atoms with Crippen LogP contribution in [-0.4, -0.2) is 29.2 Å². The van der Waals surface area contributed by atoms with Gasteiger partial charge in [0.25, 0.3) is 5.91 Å². The number of ether oxygens (including phenoxy) is 2. The number of nitrogens with zero attached hydrogens (tertiary/aromatic N) is 2. The molecule has 1 amide bonds. The highest BCUT2D eigenvalue weighted by atomic mass is 32.1. The minimum atomic E-state index is -0.329. The lowest BCUT2D eigenvalue weighted by atomic mass is 10.1. The smallest absolute Gasteiger partial charge is 0.294 e. The molecular weight excluding hydrogens is 414 g/mol. The van der Waals surface area contributed by atoms with Crippen LogP contribution in [0.3, 0.4) is 0 Å². The minimum Gasteiger partial charge on any atom is -0.454 e. The Labute approximate surface area is 185 Å². The van der Waals surface area contributed by atoms with Crippen molar-refractivity contribution in [3.8, 4) is 11.5 Å². The molecule has 0 atom stereocenters. The van der Waals surface area contributed by atoms with E-state index in [0.29, 0.717) is 25.4 Å². The molecule has 0 bridgehead atoms. The van der Waals surface area contributed by atoms with Gasteiger partial charge in [0.05, 0.1) is 13.2 Å². The Morgan fingerprint density at radius 3 is 2.65 bits per heavy atom. The number of carbonyl (C=O) groups excluding carboxylic acids is 1. The summed E-state index contributed by atoms with van der Waals surface area (Å²) < 4.78 is 10.9. The summed E-state index contributed by atoms with van der Waals surface area (Å²) in [6.07, 6.45) is 0. The third-order valence-corrected chi connectivity index (χ3v) is 5.66. The number of aromatic nitrogens is 1. The molecule has 2 aromatic carbocycles. The van der Waals surface area contributed by atoms with Crippen LogP contribution in [-0.2, 0) is 24.5 Å². The lowest BCUT2D eigenvalue weighted by molar-refractivity contribution is 0.0360. The second-order valence-electron chi connectivity index (χ2n) is 7.31. The van der Waals surface area contributed by atoms with E-state index in [0.717, 1.165) is 28.6 Å². The van der Waals surface area contributed by atoms with Gasteiger partial charge in [0, 0.05) is 18.5 Å². The fourth-order valence-electron chi connectivity index (χ4n) is 3.29. The highest BCUT2D eigenvalue weighted by Crippen LogP contribution is 2.33. The van der Waals surface area contributed by atoms with Crippen LogP contribution in [0.1, 0.15) is 39.1 Å². The molecule has 0 spiro atoms. The summed E-state index contributed by atoms with van der Waals surface area (Å²) in [6.45, 7) is 6.65. The maximum atomic E-state index is 12.1. The number of hydrogen-bond donors (Lipinski definition) is 1. The highest BCUT2D eigenvalue weighted by molar-refractivity contribution is 7.09. The molecule has 31 heavy (non-hydrogen) atoms. The fraction of sp³-hybridized carbons (Fsp3) is 0.304. The molecule has 0 unspecified atom stereocenters. The van der Waals surface area contributed by atoms with E-state index >= 15 is 0 Å². The normalized spacial score (nSPS) is 12.4. The number of thiazole rings is 1. The van der Waals surface area contributed by atoms with Gasteiger partial charge in [-0.3, -0.25) is 14.5 Å². The number of carbonyl (C=O) groups is 1. The number of hydroxylamine groups is 1. The quantitative estimate of drug-likeness (QED) is 0.507. The molecule has 4 rings (SSSR count). The van der Waals surface area contributed by atoms with Gasteiger partial charge in [0.2, 0.25) is 6.79 Å². The van der Waals surface area contributed by atoms with Crippen molar-refractivity contribution in [1.82, 2.24) is 15.4 Å². The minimum absolute atomic E-state index is 0.261. The van der Waals surface area contributed by atoms with E-state index in [1.165, 1.54) is 22.5 Å². The van der Waals surface area contributed by atoms with Crippen molar-refractivity contribution < 1.29 is 19.1 Å². The summed E-state index contributed by atoms with van der Waals surface area (Å²) in [7, 11) is 0. The molecule has 2 heterocycles. The second-order valence-corrected chi connectivity index (χ2v) is 8.25. The van der Waals surface area contributed by atoms with Gasteiger partial charge in [0.15, 0.2) is 11.5 Å². The van der Waals surface area contributed by atoms with E-state index < -0.39 is 0 Å². The van der Waals surface area contributed by atoms with Crippen molar-refractivity contribution in [2.75, 3.05) is 13.4 Å². The average Bonchev–Trinajstić information content (AvgIpc) is 3.43. The summed E-state index contributed by atoms with van der Waals surface area (Å²) in [5.74, 6) is 1.22. The summed E-state index contributed by atoms with van der Waals surface area (Å²) in [5, 5.41) is 2.63. The zero-order valence-electron chi connectivity index (χ0n) is 17.6. The predicted octanol–water partition coefficient (Wildman–Crippen LogP) is 4.06. The van der Waals surface area contributed by atoms with E-state index in [4.69, 9.17) is 14.3 Å². The lowest BCUT2D eigenvalue weighted by Gasteiger charge is -2.22. The maximum Gasteiger partial charge on any atom is 0.294 e. The van der Waals surface area contributed by atoms with Gasteiger partial charge in [-0.15, -0.1) is 11.3 Å². The van der Waals surface area contributed by atoms with Crippen molar-refractivity contribution in [2.24, 2.45) is 0 Å². The Balaban J connectivity index is 1.50. The van der Waals surface area contributed by atoms with Gasteiger partial charge in [-0.05, 0) is 37.1 Å². The maximum absolute atomic E-state index is 12.1. The molecule has 8 heteroatoms. The Morgan fingerprint density at radius 2 is 1.84 bits per heavy atom. The third kappa shape index (κ3) is 5.61. The van der Waals surface area contributed by atoms with Crippen LogP contribution in [0.2, 0.25) is 0 Å². The zero-order valence-corrected chi connectivity index (χ0v) is 18.4. The number of aryl methyl sites for hydroxylation is 1. The SMILES string of the molecule is CCONC(=O)c1csc(CN(Cc2ccc(C)cc2)Cc2ccc3c(c2)OCO3)n1. The molecule has 1 aliphatic rings. The fourth-order valence-corrected chi connectivity index (χ4v) is 4.10. The summed E-state index contributed by atoms with van der Waals surface area (Å²) in [5.41, 5.74) is 6.34. The molecule has 7 nitrogen and oxygen atoms in total. The molecule has 0 aliphatic carbocycles. The van der Waals surface area contributed by atoms with Crippen molar-refractivity contribution in [1.29, 1.82) is 0 Å². The molecule has 0 saturated heterocycles. The van der Waals surface area contributed by atoms with E-state index in [-0.39, 0.29) is 12.7 Å². The van der Waals surface area contributed by atoms with Gasteiger partial charge in [-0.1, -0.05) is 35.9 Å². The monoisotopic (exact) mass is 439 g/mol. The van der Waals surface area contributed by atoms with Crippen molar-refractivity contribution in [2.45, 2.75) is 33.5 Å². The molecule has 1 aliphatic heterocycles. The number of hydrogen-bond acceptors (Lipinski definition) is 7. The molecule has 0 saturated carbocycles. The van der Waals surface area contributed by atoms with Crippen LogP contribution in [0, 0.1) is 6.92 Å². The Kier molecular flexibility index (Phi) is 6.81. The van der Waals surface area contributed by atoms with Gasteiger partial charge in [0.1, 0.15) is 10.7 Å². The first-order valence-corrected chi connectivity index (χ1v) is 11.0. The Morgan fingerprint density at radius 1 is 1.10 bits per heavy atom. The highest BCUT2D eigenvalue weighted by Gasteiger charge is 2.17. The number of rotatable bonds is 9. The van der Waals surface area contributed by atoms with Crippen LogP contribution in [0.5, 0.6) is 11.5 Å². The number of amides is 1. The Hall–Kier alpha value is -2.94. The Bertz CT molecular complexity index is 1040. The van der Waals surface area contributed by atoms with Crippen LogP contribution in [0.25, 0.3) is 0 Å². The standard InChI is InChI=1S/C23H25N3O4S/c1-3-30-25-23(27)19-14-31-22(24-19)13-26(11-17-6-4-16(2)5-7-17)12-18-8-9-20-21(10-18)29-15-28-20/h4-10,14H,3,11-13,15H2,1-2H3,(H,25,27). The van der Waals surface area contributed by atoms with E-state index in [1.807, 2.05) is 19.1 Å². The average molecular weight is 440 g/mol. The zero-order chi connectivity index (χ0) is 21.6. The van der Waals surface area contributed by atoms with E-state index in [9.17, 15) is 4.79 Å². The van der Waals surface area contributed by atoms with Gasteiger partial charge in [-0.2, -0.15) is 0 Å². The number of benzene rings is 2. The first-order chi connectivity index (χ1) is 15.1. The summed E-state index contributed by atoms with van der Waals surface area (Å²) in [4.78, 5) is 23.9. The largest absolute Gasteiger partial charge is 0.454 e. The summed E-state index contributed by atoms with van der Waals surface area (Å²) in [6, 6.07) is 14.5. The summed E-state index contributed by atoms with van der Waals surface area (Å²) >= 11 is 1.47. The molecule has 162 valence electrons. The lowest BCUT2D eigenvalue weighted by Crippen LogP contribution is -2.24. The first kappa shape index (κ1) is 21.3. The van der Waals surface area contributed by atoms with Gasteiger partial charge in [-0.25, -0.2) is 10.5 Å². The predicted molar refractivity (Wildman–Crippen MR) is 118 cm³/mol. The van der Waals surface area contributed by atoms with Crippen LogP contribution >= 0.6 is 11.3 Å². The number of fused-ring (bicyclic) bond motifs is 1.